The summed E-state index contributed by atoms with van der Waals surface area (Å²) in [4.78, 5) is 12.1. The Morgan fingerprint density at radius 1 is 1.17 bits per heavy atom. The normalized spacial score (nSPS) is 18.1. The summed E-state index contributed by atoms with van der Waals surface area (Å²) in [7, 11) is 0. The molecule has 0 bridgehead atoms. The van der Waals surface area contributed by atoms with Crippen LogP contribution in [0.5, 0.6) is 5.75 Å². The molecular formula is C17H20F3NO2. The number of hydrogen-bond acceptors (Lipinski definition) is 2. The molecule has 6 heteroatoms. The first-order valence-electron chi connectivity index (χ1n) is 8.03. The molecule has 2 saturated carbocycles. The fourth-order valence-corrected chi connectivity index (χ4v) is 3.12. The second-order valence-corrected chi connectivity index (χ2v) is 6.48. The van der Waals surface area contributed by atoms with Crippen LogP contribution >= 0.6 is 0 Å². The topological polar surface area (TPSA) is 38.3 Å². The summed E-state index contributed by atoms with van der Waals surface area (Å²) in [6, 6.07) is 5.89. The van der Waals surface area contributed by atoms with Crippen molar-refractivity contribution in [1.29, 1.82) is 0 Å². The Morgan fingerprint density at radius 2 is 1.78 bits per heavy atom. The van der Waals surface area contributed by atoms with Crippen LogP contribution in [0.2, 0.25) is 0 Å². The number of hydrogen-bond donors (Lipinski definition) is 1. The molecule has 126 valence electrons. The average molecular weight is 327 g/mol. The van der Waals surface area contributed by atoms with E-state index in [1.807, 2.05) is 0 Å². The number of rotatable bonds is 7. The summed E-state index contributed by atoms with van der Waals surface area (Å²) < 4.78 is 41.1. The molecule has 2 aliphatic rings. The number of carbonyl (C=O) groups is 1. The Labute approximate surface area is 133 Å². The zero-order chi connectivity index (χ0) is 16.4. The van der Waals surface area contributed by atoms with E-state index in [1.54, 1.807) is 6.07 Å². The van der Waals surface area contributed by atoms with Crippen LogP contribution < -0.4 is 10.1 Å². The minimum atomic E-state index is -4.73. The number of para-hydroxylation sites is 1. The molecule has 0 radical (unpaired) electrons. The first-order valence-corrected chi connectivity index (χ1v) is 8.03. The van der Waals surface area contributed by atoms with E-state index in [9.17, 15) is 18.0 Å². The highest BCUT2D eigenvalue weighted by Crippen LogP contribution is 2.50. The minimum absolute atomic E-state index is 0.0488. The number of alkyl halides is 3. The Kier molecular flexibility index (Phi) is 4.50. The SMILES string of the molecule is O=C(CC(C1CC1)C1CC1)NCc1ccccc1OC(F)(F)F. The number of ether oxygens (including phenoxy) is 1. The lowest BCUT2D eigenvalue weighted by Crippen LogP contribution is -2.27. The van der Waals surface area contributed by atoms with Crippen molar-refractivity contribution in [2.24, 2.45) is 17.8 Å². The molecule has 2 aliphatic carbocycles. The van der Waals surface area contributed by atoms with Crippen LogP contribution in [0.15, 0.2) is 24.3 Å². The van der Waals surface area contributed by atoms with Crippen LogP contribution in [-0.4, -0.2) is 12.3 Å². The highest BCUT2D eigenvalue weighted by atomic mass is 19.4. The summed E-state index contributed by atoms with van der Waals surface area (Å²) in [5.41, 5.74) is 0.326. The lowest BCUT2D eigenvalue weighted by Gasteiger charge is -2.16. The molecule has 23 heavy (non-hydrogen) atoms. The molecule has 2 fully saturated rings. The second-order valence-electron chi connectivity index (χ2n) is 6.48. The molecule has 1 aromatic rings. The van der Waals surface area contributed by atoms with E-state index in [4.69, 9.17) is 0 Å². The number of nitrogens with one attached hydrogen (secondary N) is 1. The highest BCUT2D eigenvalue weighted by molar-refractivity contribution is 5.76. The maximum atomic E-state index is 12.4. The van der Waals surface area contributed by atoms with E-state index < -0.39 is 6.36 Å². The van der Waals surface area contributed by atoms with Gasteiger partial charge in [-0.15, -0.1) is 13.2 Å². The molecule has 1 N–H and O–H groups in total. The number of halogens is 3. The zero-order valence-electron chi connectivity index (χ0n) is 12.7. The fourth-order valence-electron chi connectivity index (χ4n) is 3.12. The van der Waals surface area contributed by atoms with Crippen LogP contribution in [-0.2, 0) is 11.3 Å². The van der Waals surface area contributed by atoms with Gasteiger partial charge in [0.1, 0.15) is 5.75 Å². The van der Waals surface area contributed by atoms with E-state index in [0.717, 1.165) is 0 Å². The van der Waals surface area contributed by atoms with Crippen molar-refractivity contribution in [2.45, 2.75) is 45.0 Å². The third-order valence-corrected chi connectivity index (χ3v) is 4.55. The van der Waals surface area contributed by atoms with E-state index in [1.165, 1.54) is 43.9 Å². The smallest absolute Gasteiger partial charge is 0.405 e. The van der Waals surface area contributed by atoms with Gasteiger partial charge in [-0.25, -0.2) is 0 Å². The van der Waals surface area contributed by atoms with Gasteiger partial charge in [0.25, 0.3) is 0 Å². The summed E-state index contributed by atoms with van der Waals surface area (Å²) in [6.45, 7) is 0.0488. The van der Waals surface area contributed by atoms with Crippen LogP contribution in [0.1, 0.15) is 37.7 Å². The molecule has 0 saturated heterocycles. The molecule has 0 aliphatic heterocycles. The van der Waals surface area contributed by atoms with E-state index >= 15 is 0 Å². The Morgan fingerprint density at radius 3 is 2.35 bits per heavy atom. The molecule has 0 heterocycles. The van der Waals surface area contributed by atoms with Gasteiger partial charge in [-0.05, 0) is 49.5 Å². The third kappa shape index (κ3) is 4.88. The molecule has 0 aromatic heterocycles. The standard InChI is InChI=1S/C17H20F3NO2/c18-17(19,20)23-15-4-2-1-3-13(15)10-21-16(22)9-14(11-5-6-11)12-7-8-12/h1-4,11-12,14H,5-10H2,(H,21,22). The van der Waals surface area contributed by atoms with Gasteiger partial charge in [-0.3, -0.25) is 4.79 Å². The predicted molar refractivity (Wildman–Crippen MR) is 78.5 cm³/mol. The Hall–Kier alpha value is -1.72. The van der Waals surface area contributed by atoms with Crippen LogP contribution in [0.3, 0.4) is 0 Å². The maximum Gasteiger partial charge on any atom is 0.573 e. The van der Waals surface area contributed by atoms with E-state index in [2.05, 4.69) is 10.1 Å². The lowest BCUT2D eigenvalue weighted by molar-refractivity contribution is -0.274. The quantitative estimate of drug-likeness (QED) is 0.821. The lowest BCUT2D eigenvalue weighted by atomic mass is 9.94. The van der Waals surface area contributed by atoms with Gasteiger partial charge in [0.05, 0.1) is 0 Å². The van der Waals surface area contributed by atoms with Crippen molar-refractivity contribution < 1.29 is 22.7 Å². The first kappa shape index (κ1) is 16.1. The largest absolute Gasteiger partial charge is 0.573 e. The van der Waals surface area contributed by atoms with Gasteiger partial charge in [0, 0.05) is 18.5 Å². The van der Waals surface area contributed by atoms with Gasteiger partial charge in [0.15, 0.2) is 0 Å². The second kappa shape index (κ2) is 6.42. The number of amides is 1. The van der Waals surface area contributed by atoms with Crippen molar-refractivity contribution in [3.8, 4) is 5.75 Å². The third-order valence-electron chi connectivity index (χ3n) is 4.55. The average Bonchev–Trinajstić information content (AvgIpc) is 3.36. The Balaban J connectivity index is 1.54. The Bertz CT molecular complexity index is 553. The molecule has 0 unspecified atom stereocenters. The summed E-state index contributed by atoms with van der Waals surface area (Å²) >= 11 is 0. The minimum Gasteiger partial charge on any atom is -0.405 e. The number of benzene rings is 1. The molecule has 1 aromatic carbocycles. The fraction of sp³-hybridized carbons (Fsp3) is 0.588. The van der Waals surface area contributed by atoms with Crippen molar-refractivity contribution in [2.75, 3.05) is 0 Å². The van der Waals surface area contributed by atoms with Crippen molar-refractivity contribution in [3.63, 3.8) is 0 Å². The number of carbonyl (C=O) groups excluding carboxylic acids is 1. The van der Waals surface area contributed by atoms with Gasteiger partial charge < -0.3 is 10.1 Å². The molecule has 0 atom stereocenters. The molecule has 3 nitrogen and oxygen atoms in total. The van der Waals surface area contributed by atoms with E-state index in [0.29, 0.717) is 29.7 Å². The summed E-state index contributed by atoms with van der Waals surface area (Å²) in [6.07, 6.45) is 0.571. The molecule has 3 rings (SSSR count). The zero-order valence-corrected chi connectivity index (χ0v) is 12.7. The molecule has 0 spiro atoms. The highest BCUT2D eigenvalue weighted by Gasteiger charge is 2.42. The van der Waals surface area contributed by atoms with Crippen molar-refractivity contribution in [3.05, 3.63) is 29.8 Å². The van der Waals surface area contributed by atoms with Crippen molar-refractivity contribution in [1.82, 2.24) is 5.32 Å². The monoisotopic (exact) mass is 327 g/mol. The predicted octanol–water partition coefficient (Wildman–Crippen LogP) is 4.03. The first-order chi connectivity index (χ1) is 10.9. The van der Waals surface area contributed by atoms with Crippen LogP contribution in [0.4, 0.5) is 13.2 Å². The van der Waals surface area contributed by atoms with Crippen molar-refractivity contribution >= 4 is 5.91 Å². The van der Waals surface area contributed by atoms with Crippen LogP contribution in [0, 0.1) is 17.8 Å². The van der Waals surface area contributed by atoms with Gasteiger partial charge in [-0.2, -0.15) is 0 Å². The molecular weight excluding hydrogens is 307 g/mol. The van der Waals surface area contributed by atoms with Gasteiger partial charge in [0.2, 0.25) is 5.91 Å². The van der Waals surface area contributed by atoms with Crippen LogP contribution in [0.25, 0.3) is 0 Å². The maximum absolute atomic E-state index is 12.4. The van der Waals surface area contributed by atoms with Gasteiger partial charge in [-0.1, -0.05) is 18.2 Å². The molecule has 1 amide bonds. The van der Waals surface area contributed by atoms with E-state index in [-0.39, 0.29) is 18.2 Å². The summed E-state index contributed by atoms with van der Waals surface area (Å²) in [5.74, 6) is 1.46. The van der Waals surface area contributed by atoms with Gasteiger partial charge >= 0.3 is 6.36 Å². The summed E-state index contributed by atoms with van der Waals surface area (Å²) in [5, 5.41) is 2.73.